The van der Waals surface area contributed by atoms with Gasteiger partial charge < -0.3 is 9.64 Å². The van der Waals surface area contributed by atoms with Crippen molar-refractivity contribution in [2.45, 2.75) is 34.6 Å². The summed E-state index contributed by atoms with van der Waals surface area (Å²) in [6.45, 7) is 15.0. The molecular formula is C18H30N2O2. The van der Waals surface area contributed by atoms with Crippen LogP contribution in [-0.2, 0) is 0 Å². The highest BCUT2D eigenvalue weighted by molar-refractivity contribution is 6.00. The van der Waals surface area contributed by atoms with Crippen LogP contribution in [0.25, 0.3) is 0 Å². The van der Waals surface area contributed by atoms with Crippen LogP contribution in [0.15, 0.2) is 18.2 Å². The average Bonchev–Trinajstić information content (AvgIpc) is 2.54. The number of hydrogen-bond acceptors (Lipinski definition) is 4. The summed E-state index contributed by atoms with van der Waals surface area (Å²) < 4.78 is 5.72. The highest BCUT2D eigenvalue weighted by Gasteiger charge is 2.16. The molecule has 0 saturated heterocycles. The number of carbonyl (C=O) groups excluding carboxylic acids is 1. The summed E-state index contributed by atoms with van der Waals surface area (Å²) >= 11 is 0. The molecule has 0 spiro atoms. The van der Waals surface area contributed by atoms with Gasteiger partial charge in [-0.25, -0.2) is 0 Å². The predicted molar refractivity (Wildman–Crippen MR) is 93.3 cm³/mol. The van der Waals surface area contributed by atoms with Crippen molar-refractivity contribution in [3.8, 4) is 5.75 Å². The first-order valence-electron chi connectivity index (χ1n) is 8.38. The van der Waals surface area contributed by atoms with Gasteiger partial charge in [0.15, 0.2) is 5.78 Å². The van der Waals surface area contributed by atoms with Gasteiger partial charge in [-0.05, 0) is 46.0 Å². The summed E-state index contributed by atoms with van der Waals surface area (Å²) in [4.78, 5) is 16.9. The summed E-state index contributed by atoms with van der Waals surface area (Å²) in [5, 5.41) is 0. The van der Waals surface area contributed by atoms with E-state index >= 15 is 0 Å². The van der Waals surface area contributed by atoms with Crippen LogP contribution in [-0.4, -0.2) is 50.0 Å². The van der Waals surface area contributed by atoms with Crippen LogP contribution in [0, 0.1) is 0 Å². The number of carbonyl (C=O) groups is 1. The Bertz CT molecular complexity index is 466. The molecular weight excluding hydrogens is 276 g/mol. The van der Waals surface area contributed by atoms with E-state index in [9.17, 15) is 4.79 Å². The lowest BCUT2D eigenvalue weighted by Gasteiger charge is -2.23. The minimum absolute atomic E-state index is 0.123. The molecule has 1 rings (SSSR count). The third kappa shape index (κ3) is 4.73. The van der Waals surface area contributed by atoms with E-state index in [1.165, 1.54) is 0 Å². The van der Waals surface area contributed by atoms with Crippen LogP contribution in [0.3, 0.4) is 0 Å². The van der Waals surface area contributed by atoms with Crippen LogP contribution < -0.4 is 9.64 Å². The Morgan fingerprint density at radius 2 is 1.64 bits per heavy atom. The van der Waals surface area contributed by atoms with Gasteiger partial charge >= 0.3 is 0 Å². The topological polar surface area (TPSA) is 32.8 Å². The zero-order valence-corrected chi connectivity index (χ0v) is 14.7. The zero-order valence-electron chi connectivity index (χ0n) is 14.7. The Kier molecular flexibility index (Phi) is 7.96. The summed E-state index contributed by atoms with van der Waals surface area (Å²) in [6, 6.07) is 5.92. The predicted octanol–water partition coefficient (Wildman–Crippen LogP) is 3.46. The van der Waals surface area contributed by atoms with Crippen LogP contribution in [0.2, 0.25) is 0 Å². The van der Waals surface area contributed by atoms with E-state index < -0.39 is 0 Å². The fraction of sp³-hybridized carbons (Fsp3) is 0.611. The van der Waals surface area contributed by atoms with Crippen molar-refractivity contribution in [2.24, 2.45) is 0 Å². The molecule has 0 unspecified atom stereocenters. The summed E-state index contributed by atoms with van der Waals surface area (Å²) in [6.07, 6.45) is 0. The lowest BCUT2D eigenvalue weighted by atomic mass is 10.1. The molecule has 22 heavy (non-hydrogen) atoms. The number of benzene rings is 1. The lowest BCUT2D eigenvalue weighted by molar-refractivity contribution is 0.0933. The van der Waals surface area contributed by atoms with Gasteiger partial charge in [0.05, 0.1) is 18.7 Å². The molecule has 0 aliphatic rings. The molecule has 0 saturated carbocycles. The fourth-order valence-electron chi connectivity index (χ4n) is 2.54. The standard InChI is InChI=1S/C18H30N2O2/c1-6-19(7-2)14-17(21)16-12-11-15(20(8-3)9-4)13-18(16)22-10-5/h11-13H,6-10,14H2,1-5H3. The molecule has 4 nitrogen and oxygen atoms in total. The Hall–Kier alpha value is -1.55. The Morgan fingerprint density at radius 3 is 2.14 bits per heavy atom. The van der Waals surface area contributed by atoms with E-state index in [-0.39, 0.29) is 5.78 Å². The first-order valence-corrected chi connectivity index (χ1v) is 8.38. The molecule has 0 radical (unpaired) electrons. The second kappa shape index (κ2) is 9.46. The minimum atomic E-state index is 0.123. The first-order chi connectivity index (χ1) is 10.6. The number of rotatable bonds is 10. The quantitative estimate of drug-likeness (QED) is 0.620. The van der Waals surface area contributed by atoms with Gasteiger partial charge in [-0.2, -0.15) is 0 Å². The molecule has 0 fully saturated rings. The Balaban J connectivity index is 3.05. The molecule has 0 heterocycles. The van der Waals surface area contributed by atoms with Gasteiger partial charge in [0, 0.05) is 24.8 Å². The van der Waals surface area contributed by atoms with Crippen molar-refractivity contribution < 1.29 is 9.53 Å². The van der Waals surface area contributed by atoms with E-state index in [1.54, 1.807) is 0 Å². The fourth-order valence-corrected chi connectivity index (χ4v) is 2.54. The number of hydrogen-bond donors (Lipinski definition) is 0. The van der Waals surface area contributed by atoms with Crippen LogP contribution in [0.1, 0.15) is 45.0 Å². The number of anilines is 1. The van der Waals surface area contributed by atoms with E-state index in [1.807, 2.05) is 25.1 Å². The molecule has 0 aliphatic carbocycles. The largest absolute Gasteiger partial charge is 0.493 e. The highest BCUT2D eigenvalue weighted by atomic mass is 16.5. The van der Waals surface area contributed by atoms with E-state index in [4.69, 9.17) is 4.74 Å². The molecule has 0 bridgehead atoms. The molecule has 0 N–H and O–H groups in total. The SMILES string of the molecule is CCOc1cc(N(CC)CC)ccc1C(=O)CN(CC)CC. The van der Waals surface area contributed by atoms with Crippen LogP contribution in [0.5, 0.6) is 5.75 Å². The van der Waals surface area contributed by atoms with Crippen molar-refractivity contribution in [1.29, 1.82) is 0 Å². The number of nitrogens with zero attached hydrogens (tertiary/aromatic N) is 2. The second-order valence-corrected chi connectivity index (χ2v) is 5.17. The number of Topliss-reactive ketones (excluding diaryl/α,β-unsaturated/α-hetero) is 1. The molecule has 0 aliphatic heterocycles. The third-order valence-corrected chi connectivity index (χ3v) is 3.96. The number of ketones is 1. The molecule has 0 amide bonds. The lowest BCUT2D eigenvalue weighted by Crippen LogP contribution is -2.29. The van der Waals surface area contributed by atoms with Crippen LogP contribution in [0.4, 0.5) is 5.69 Å². The molecule has 0 atom stereocenters. The Morgan fingerprint density at radius 1 is 1.00 bits per heavy atom. The van der Waals surface area contributed by atoms with E-state index in [2.05, 4.69) is 37.5 Å². The molecule has 4 heteroatoms. The third-order valence-electron chi connectivity index (χ3n) is 3.96. The smallest absolute Gasteiger partial charge is 0.180 e. The van der Waals surface area contributed by atoms with Gasteiger partial charge in [0.2, 0.25) is 0 Å². The van der Waals surface area contributed by atoms with Crippen molar-refractivity contribution in [1.82, 2.24) is 4.90 Å². The van der Waals surface area contributed by atoms with Gasteiger partial charge in [0.1, 0.15) is 5.75 Å². The summed E-state index contributed by atoms with van der Waals surface area (Å²) in [5.41, 5.74) is 1.79. The molecule has 124 valence electrons. The normalized spacial score (nSPS) is 10.8. The molecule has 1 aromatic carbocycles. The second-order valence-electron chi connectivity index (χ2n) is 5.17. The van der Waals surface area contributed by atoms with Crippen molar-refractivity contribution in [3.63, 3.8) is 0 Å². The minimum Gasteiger partial charge on any atom is -0.493 e. The maximum atomic E-state index is 12.6. The van der Waals surface area contributed by atoms with Crippen molar-refractivity contribution in [3.05, 3.63) is 23.8 Å². The van der Waals surface area contributed by atoms with Crippen molar-refractivity contribution in [2.75, 3.05) is 44.2 Å². The van der Waals surface area contributed by atoms with Gasteiger partial charge in [-0.3, -0.25) is 9.69 Å². The zero-order chi connectivity index (χ0) is 16.5. The van der Waals surface area contributed by atoms with Gasteiger partial charge in [-0.1, -0.05) is 13.8 Å². The highest BCUT2D eigenvalue weighted by Crippen LogP contribution is 2.26. The van der Waals surface area contributed by atoms with Gasteiger partial charge in [-0.15, -0.1) is 0 Å². The van der Waals surface area contributed by atoms with Gasteiger partial charge in [0.25, 0.3) is 0 Å². The number of likely N-dealkylation sites (N-methyl/N-ethyl adjacent to an activating group) is 1. The Labute approximate surface area is 135 Å². The summed E-state index contributed by atoms with van der Waals surface area (Å²) in [7, 11) is 0. The van der Waals surface area contributed by atoms with E-state index in [0.717, 1.165) is 31.9 Å². The monoisotopic (exact) mass is 306 g/mol. The molecule has 1 aromatic rings. The first kappa shape index (κ1) is 18.5. The summed E-state index contributed by atoms with van der Waals surface area (Å²) in [5.74, 6) is 0.822. The van der Waals surface area contributed by atoms with E-state index in [0.29, 0.717) is 24.5 Å². The maximum Gasteiger partial charge on any atom is 0.180 e. The average molecular weight is 306 g/mol. The number of ether oxygens (including phenoxy) is 1. The van der Waals surface area contributed by atoms with Crippen LogP contribution >= 0.6 is 0 Å². The maximum absolute atomic E-state index is 12.6. The van der Waals surface area contributed by atoms with Crippen molar-refractivity contribution >= 4 is 11.5 Å². The molecule has 0 aromatic heterocycles.